The number of rotatable bonds is 3. The summed E-state index contributed by atoms with van der Waals surface area (Å²) in [7, 11) is 1.59. The molecule has 3 rings (SSSR count). The van der Waals surface area contributed by atoms with E-state index in [9.17, 15) is 14.3 Å². The number of hydrogen-bond donors (Lipinski definition) is 1. The van der Waals surface area contributed by atoms with E-state index in [0.717, 1.165) is 17.7 Å². The maximum atomic E-state index is 14.4. The van der Waals surface area contributed by atoms with E-state index in [2.05, 4.69) is 0 Å². The number of methoxy groups -OCH3 is 1. The fraction of sp³-hybridized carbons (Fsp3) is 0.316. The van der Waals surface area contributed by atoms with Crippen LogP contribution in [-0.4, -0.2) is 42.2 Å². The molecule has 0 aromatic heterocycles. The fourth-order valence-electron chi connectivity index (χ4n) is 2.96. The molecule has 1 atom stereocenters. The number of carbonyl (C=O) groups excluding carboxylic acids is 1. The first kappa shape index (κ1) is 16.5. The Kier molecular flexibility index (Phi) is 4.81. The Balaban J connectivity index is 1.82. The van der Waals surface area contributed by atoms with Gasteiger partial charge in [0.2, 0.25) is 0 Å². The van der Waals surface area contributed by atoms with E-state index in [1.165, 1.54) is 17.0 Å². The van der Waals surface area contributed by atoms with Gasteiger partial charge in [-0.25, -0.2) is 4.39 Å². The summed E-state index contributed by atoms with van der Waals surface area (Å²) in [5, 5.41) is 9.68. The van der Waals surface area contributed by atoms with Crippen LogP contribution in [0.1, 0.15) is 23.2 Å². The summed E-state index contributed by atoms with van der Waals surface area (Å²) in [5.41, 5.74) is 1.59. The normalized spacial score (nSPS) is 17.6. The van der Waals surface area contributed by atoms with Crippen molar-refractivity contribution in [2.75, 3.05) is 20.2 Å². The first-order valence-corrected chi connectivity index (χ1v) is 8.00. The van der Waals surface area contributed by atoms with Crippen LogP contribution in [-0.2, 0) is 0 Å². The number of likely N-dealkylation sites (tertiary alicyclic amines) is 1. The summed E-state index contributed by atoms with van der Waals surface area (Å²) in [6, 6.07) is 11.9. The van der Waals surface area contributed by atoms with Gasteiger partial charge in [0.15, 0.2) is 0 Å². The second-order valence-electron chi connectivity index (χ2n) is 5.97. The minimum atomic E-state index is -0.548. The van der Waals surface area contributed by atoms with E-state index in [4.69, 9.17) is 4.74 Å². The largest absolute Gasteiger partial charge is 0.497 e. The van der Waals surface area contributed by atoms with E-state index < -0.39 is 11.9 Å². The van der Waals surface area contributed by atoms with Crippen molar-refractivity contribution in [3.63, 3.8) is 0 Å². The van der Waals surface area contributed by atoms with Crippen LogP contribution in [0, 0.1) is 5.82 Å². The zero-order valence-electron chi connectivity index (χ0n) is 13.5. The van der Waals surface area contributed by atoms with Crippen molar-refractivity contribution in [1.82, 2.24) is 4.90 Å². The van der Waals surface area contributed by atoms with E-state index in [-0.39, 0.29) is 18.0 Å². The monoisotopic (exact) mass is 329 g/mol. The van der Waals surface area contributed by atoms with Gasteiger partial charge in [0.25, 0.3) is 5.91 Å². The summed E-state index contributed by atoms with van der Waals surface area (Å²) >= 11 is 0. The first-order valence-electron chi connectivity index (χ1n) is 8.00. The third-order valence-corrected chi connectivity index (χ3v) is 4.31. The molecule has 1 fully saturated rings. The molecule has 4 nitrogen and oxygen atoms in total. The quantitative estimate of drug-likeness (QED) is 0.941. The van der Waals surface area contributed by atoms with Gasteiger partial charge in [0, 0.05) is 13.1 Å². The van der Waals surface area contributed by atoms with Crippen molar-refractivity contribution in [3.8, 4) is 16.9 Å². The van der Waals surface area contributed by atoms with Gasteiger partial charge in [-0.2, -0.15) is 0 Å². The SMILES string of the molecule is COc1ccc(-c2ccc(C(=O)N3CCCC(O)C3)c(F)c2)cc1. The maximum Gasteiger partial charge on any atom is 0.256 e. The van der Waals surface area contributed by atoms with E-state index in [0.29, 0.717) is 18.5 Å². The van der Waals surface area contributed by atoms with Gasteiger partial charge in [-0.3, -0.25) is 4.79 Å². The number of aliphatic hydroxyl groups is 1. The Bertz CT molecular complexity index is 730. The molecule has 24 heavy (non-hydrogen) atoms. The Morgan fingerprint density at radius 2 is 1.92 bits per heavy atom. The van der Waals surface area contributed by atoms with Gasteiger partial charge >= 0.3 is 0 Å². The van der Waals surface area contributed by atoms with Gasteiger partial charge in [-0.05, 0) is 48.2 Å². The highest BCUT2D eigenvalue weighted by Gasteiger charge is 2.25. The average molecular weight is 329 g/mol. The van der Waals surface area contributed by atoms with Crippen LogP contribution in [0.25, 0.3) is 11.1 Å². The molecule has 1 unspecified atom stereocenters. The molecular weight excluding hydrogens is 309 g/mol. The van der Waals surface area contributed by atoms with Crippen molar-refractivity contribution in [1.29, 1.82) is 0 Å². The zero-order chi connectivity index (χ0) is 17.1. The molecule has 126 valence electrons. The molecule has 1 N–H and O–H groups in total. The number of aliphatic hydroxyl groups excluding tert-OH is 1. The number of hydrogen-bond acceptors (Lipinski definition) is 3. The average Bonchev–Trinajstić information content (AvgIpc) is 2.61. The lowest BCUT2D eigenvalue weighted by atomic mass is 10.0. The number of β-amino-alcohol motifs (C(OH)–C–C–N with tert-alkyl or cyclic N) is 1. The lowest BCUT2D eigenvalue weighted by Crippen LogP contribution is -2.42. The van der Waals surface area contributed by atoms with Crippen LogP contribution >= 0.6 is 0 Å². The molecular formula is C19H20FNO3. The van der Waals surface area contributed by atoms with Crippen LogP contribution in [0.4, 0.5) is 4.39 Å². The molecule has 1 aliphatic rings. The molecule has 0 spiro atoms. The van der Waals surface area contributed by atoms with Crippen molar-refractivity contribution >= 4 is 5.91 Å². The van der Waals surface area contributed by atoms with Crippen molar-refractivity contribution < 1.29 is 19.0 Å². The third kappa shape index (κ3) is 3.41. The summed E-state index contributed by atoms with van der Waals surface area (Å²) in [6.45, 7) is 0.814. The highest BCUT2D eigenvalue weighted by atomic mass is 19.1. The summed E-state index contributed by atoms with van der Waals surface area (Å²) in [4.78, 5) is 14.0. The highest BCUT2D eigenvalue weighted by molar-refractivity contribution is 5.95. The molecule has 5 heteroatoms. The van der Waals surface area contributed by atoms with Gasteiger partial charge in [-0.15, -0.1) is 0 Å². The topological polar surface area (TPSA) is 49.8 Å². The Morgan fingerprint density at radius 3 is 2.54 bits per heavy atom. The van der Waals surface area contributed by atoms with Gasteiger partial charge in [0.05, 0.1) is 18.8 Å². The predicted octanol–water partition coefficient (Wildman–Crippen LogP) is 3.10. The van der Waals surface area contributed by atoms with Crippen molar-refractivity contribution in [2.24, 2.45) is 0 Å². The summed E-state index contributed by atoms with van der Waals surface area (Å²) in [5.74, 6) is -0.185. The molecule has 1 amide bonds. The molecule has 0 bridgehead atoms. The van der Waals surface area contributed by atoms with E-state index >= 15 is 0 Å². The molecule has 0 aliphatic carbocycles. The highest BCUT2D eigenvalue weighted by Crippen LogP contribution is 2.25. The van der Waals surface area contributed by atoms with Crippen LogP contribution < -0.4 is 4.74 Å². The van der Waals surface area contributed by atoms with E-state index in [1.807, 2.05) is 12.1 Å². The van der Waals surface area contributed by atoms with Gasteiger partial charge < -0.3 is 14.7 Å². The molecule has 2 aromatic carbocycles. The minimum Gasteiger partial charge on any atom is -0.497 e. The molecule has 1 heterocycles. The van der Waals surface area contributed by atoms with E-state index in [1.54, 1.807) is 25.3 Å². The number of ether oxygens (including phenoxy) is 1. The third-order valence-electron chi connectivity index (χ3n) is 4.31. The summed E-state index contributed by atoms with van der Waals surface area (Å²) < 4.78 is 19.6. The lowest BCUT2D eigenvalue weighted by molar-refractivity contribution is 0.0470. The fourth-order valence-corrected chi connectivity index (χ4v) is 2.96. The standard InChI is InChI=1S/C19H20FNO3/c1-24-16-7-4-13(5-8-16)14-6-9-17(18(20)11-14)19(23)21-10-2-3-15(22)12-21/h4-9,11,15,22H,2-3,10,12H2,1H3. The molecule has 1 aliphatic heterocycles. The number of carbonyl (C=O) groups is 1. The summed E-state index contributed by atoms with van der Waals surface area (Å²) in [6.07, 6.45) is 0.894. The first-order chi connectivity index (χ1) is 11.6. The zero-order valence-corrected chi connectivity index (χ0v) is 13.5. The minimum absolute atomic E-state index is 0.0429. The van der Waals surface area contributed by atoms with Gasteiger partial charge in [0.1, 0.15) is 11.6 Å². The van der Waals surface area contributed by atoms with Crippen LogP contribution in [0.5, 0.6) is 5.75 Å². The lowest BCUT2D eigenvalue weighted by Gasteiger charge is -2.30. The second-order valence-corrected chi connectivity index (χ2v) is 5.97. The molecule has 0 radical (unpaired) electrons. The number of halogens is 1. The van der Waals surface area contributed by atoms with Crippen molar-refractivity contribution in [3.05, 3.63) is 53.8 Å². The van der Waals surface area contributed by atoms with Gasteiger partial charge in [-0.1, -0.05) is 18.2 Å². The van der Waals surface area contributed by atoms with Crippen molar-refractivity contribution in [2.45, 2.75) is 18.9 Å². The molecule has 0 saturated carbocycles. The smallest absolute Gasteiger partial charge is 0.256 e. The number of nitrogens with zero attached hydrogens (tertiary/aromatic N) is 1. The molecule has 1 saturated heterocycles. The van der Waals surface area contributed by atoms with Crippen LogP contribution in [0.2, 0.25) is 0 Å². The number of amides is 1. The van der Waals surface area contributed by atoms with Crippen LogP contribution in [0.3, 0.4) is 0 Å². The number of benzene rings is 2. The Morgan fingerprint density at radius 1 is 1.21 bits per heavy atom. The molecule has 2 aromatic rings. The Labute approximate surface area is 140 Å². The van der Waals surface area contributed by atoms with Crippen LogP contribution in [0.15, 0.2) is 42.5 Å². The predicted molar refractivity (Wildman–Crippen MR) is 89.5 cm³/mol. The second kappa shape index (κ2) is 7.01. The number of piperidine rings is 1. The Hall–Kier alpha value is -2.40. The maximum absolute atomic E-state index is 14.4.